The number of nitrogens with zero attached hydrogens (tertiary/aromatic N) is 4. The fourth-order valence-corrected chi connectivity index (χ4v) is 6.07. The maximum atomic E-state index is 16.5. The average Bonchev–Trinajstić information content (AvgIpc) is 3.56. The van der Waals surface area contributed by atoms with Gasteiger partial charge in [0.25, 0.3) is 0 Å². The van der Waals surface area contributed by atoms with Crippen LogP contribution in [0.1, 0.15) is 50.8 Å². The lowest BCUT2D eigenvalue weighted by Gasteiger charge is -2.16. The molecule has 2 N–H and O–H groups in total. The number of nitrogens with two attached hydrogens (primary N) is 1. The Balaban J connectivity index is 1.82. The second-order valence-electron chi connectivity index (χ2n) is 9.68. The largest absolute Gasteiger partial charge is 0.389 e. The maximum Gasteiger partial charge on any atom is 0.159 e. The summed E-state index contributed by atoms with van der Waals surface area (Å²) in [4.78, 5) is 11.2. The second kappa shape index (κ2) is 9.26. The van der Waals surface area contributed by atoms with Crippen molar-refractivity contribution >= 4 is 44.0 Å². The Morgan fingerprint density at radius 1 is 1.31 bits per heavy atom. The molecule has 0 aliphatic carbocycles. The van der Waals surface area contributed by atoms with Crippen molar-refractivity contribution in [2.45, 2.75) is 47.3 Å². The Morgan fingerprint density at radius 3 is 2.72 bits per heavy atom. The standard InChI is InChI=1S/C27H27F2N5OS/c1-13(2)21-17(8-32-15(4)34-6-5-14(3)10-34)18-11-35-12-19(18)22(24(21)29)25-23-16(7-30)27(31)36-26(23)20(28)9-33-25/h8-9,14H,5-6,10-12,31H2,1-4H3/b17-8-,32-15?. The summed E-state index contributed by atoms with van der Waals surface area (Å²) < 4.78 is 37.1. The van der Waals surface area contributed by atoms with Crippen LogP contribution in [-0.2, 0) is 18.0 Å². The minimum absolute atomic E-state index is 0.110. The predicted molar refractivity (Wildman–Crippen MR) is 140 cm³/mol. The van der Waals surface area contributed by atoms with Crippen LogP contribution in [0.2, 0.25) is 0 Å². The van der Waals surface area contributed by atoms with E-state index in [4.69, 9.17) is 15.5 Å². The summed E-state index contributed by atoms with van der Waals surface area (Å²) in [6.07, 6.45) is 3.92. The lowest BCUT2D eigenvalue weighted by Crippen LogP contribution is -2.35. The first-order valence-corrected chi connectivity index (χ1v) is 12.7. The van der Waals surface area contributed by atoms with Crippen LogP contribution in [0.4, 0.5) is 13.8 Å². The number of thiophene rings is 1. The van der Waals surface area contributed by atoms with Gasteiger partial charge in [0.05, 0.1) is 35.4 Å². The first-order valence-electron chi connectivity index (χ1n) is 11.9. The summed E-state index contributed by atoms with van der Waals surface area (Å²) in [5, 5.41) is 11.2. The zero-order valence-corrected chi connectivity index (χ0v) is 21.5. The number of amidine groups is 1. The molecule has 5 rings (SSSR count). The molecular formula is C27H27F2N5OS. The highest BCUT2D eigenvalue weighted by Gasteiger charge is 2.28. The fourth-order valence-electron chi connectivity index (χ4n) is 5.15. The van der Waals surface area contributed by atoms with Gasteiger partial charge in [0.2, 0.25) is 0 Å². The van der Waals surface area contributed by atoms with Gasteiger partial charge in [0.1, 0.15) is 22.7 Å². The third-order valence-corrected chi connectivity index (χ3v) is 8.03. The van der Waals surface area contributed by atoms with Gasteiger partial charge in [-0.1, -0.05) is 12.5 Å². The smallest absolute Gasteiger partial charge is 0.159 e. The van der Waals surface area contributed by atoms with Gasteiger partial charge in [-0.15, -0.1) is 11.3 Å². The van der Waals surface area contributed by atoms with Crippen molar-refractivity contribution in [1.82, 2.24) is 9.88 Å². The first kappa shape index (κ1) is 24.3. The molecule has 3 aromatic rings. The Morgan fingerprint density at radius 2 is 2.06 bits per heavy atom. The molecule has 4 heterocycles. The topological polar surface area (TPSA) is 87.5 Å². The number of nitriles is 1. The number of ether oxygens (including phenoxy) is 1. The average molecular weight is 508 g/mol. The quantitative estimate of drug-likeness (QED) is 0.410. The molecule has 186 valence electrons. The summed E-state index contributed by atoms with van der Waals surface area (Å²) in [5.41, 5.74) is 8.79. The molecule has 1 fully saturated rings. The van der Waals surface area contributed by atoms with Crippen molar-refractivity contribution in [2.24, 2.45) is 10.9 Å². The molecule has 6 nitrogen and oxygen atoms in total. The molecule has 2 aliphatic heterocycles. The number of hydrogen-bond donors (Lipinski definition) is 1. The number of hydrogen-bond acceptors (Lipinski definition) is 6. The Hall–Kier alpha value is -3.35. The van der Waals surface area contributed by atoms with Gasteiger partial charge in [0.15, 0.2) is 5.82 Å². The Bertz CT molecular complexity index is 1600. The summed E-state index contributed by atoms with van der Waals surface area (Å²) in [7, 11) is 0. The highest BCUT2D eigenvalue weighted by molar-refractivity contribution is 7.23. The number of rotatable bonds is 2. The van der Waals surface area contributed by atoms with Crippen LogP contribution in [0, 0.1) is 28.9 Å². The van der Waals surface area contributed by atoms with Crippen molar-refractivity contribution in [3.8, 4) is 17.3 Å². The van der Waals surface area contributed by atoms with Crippen LogP contribution in [0.5, 0.6) is 0 Å². The van der Waals surface area contributed by atoms with Crippen LogP contribution < -0.4 is 16.2 Å². The molecule has 36 heavy (non-hydrogen) atoms. The monoisotopic (exact) mass is 507 g/mol. The van der Waals surface area contributed by atoms with E-state index in [1.807, 2.05) is 26.8 Å². The van der Waals surface area contributed by atoms with Gasteiger partial charge in [-0.05, 0) is 44.2 Å². The predicted octanol–water partition coefficient (Wildman–Crippen LogP) is 4.41. The van der Waals surface area contributed by atoms with E-state index < -0.39 is 11.6 Å². The van der Waals surface area contributed by atoms with E-state index in [0.717, 1.165) is 54.0 Å². The van der Waals surface area contributed by atoms with E-state index in [2.05, 4.69) is 16.8 Å². The molecule has 1 atom stereocenters. The molecule has 1 unspecified atom stereocenters. The molecule has 2 aliphatic rings. The van der Waals surface area contributed by atoms with E-state index in [-0.39, 0.29) is 38.5 Å². The van der Waals surface area contributed by atoms with Gasteiger partial charge in [-0.3, -0.25) is 4.98 Å². The van der Waals surface area contributed by atoms with Gasteiger partial charge >= 0.3 is 0 Å². The van der Waals surface area contributed by atoms with Gasteiger partial charge in [0, 0.05) is 40.7 Å². The Kier molecular flexibility index (Phi) is 6.27. The highest BCUT2D eigenvalue weighted by Crippen LogP contribution is 2.41. The summed E-state index contributed by atoms with van der Waals surface area (Å²) in [5.74, 6) is 0.438. The van der Waals surface area contributed by atoms with Crippen LogP contribution >= 0.6 is 11.3 Å². The molecule has 1 aromatic carbocycles. The number of aromatic nitrogens is 1. The minimum Gasteiger partial charge on any atom is -0.389 e. The maximum absolute atomic E-state index is 16.5. The van der Waals surface area contributed by atoms with Crippen LogP contribution in [0.25, 0.3) is 33.1 Å². The van der Waals surface area contributed by atoms with Crippen molar-refractivity contribution in [3.63, 3.8) is 0 Å². The summed E-state index contributed by atoms with van der Waals surface area (Å²) in [6.45, 7) is 10.3. The zero-order valence-electron chi connectivity index (χ0n) is 20.7. The van der Waals surface area contributed by atoms with Crippen molar-refractivity contribution < 1.29 is 13.5 Å². The van der Waals surface area contributed by atoms with Gasteiger partial charge < -0.3 is 15.4 Å². The van der Waals surface area contributed by atoms with Gasteiger partial charge in [-0.25, -0.2) is 13.8 Å². The van der Waals surface area contributed by atoms with E-state index in [9.17, 15) is 9.65 Å². The van der Waals surface area contributed by atoms with Crippen molar-refractivity contribution in [2.75, 3.05) is 18.8 Å². The van der Waals surface area contributed by atoms with E-state index in [0.29, 0.717) is 28.5 Å². The number of anilines is 1. The minimum atomic E-state index is -0.593. The van der Waals surface area contributed by atoms with Crippen LogP contribution in [0.15, 0.2) is 11.2 Å². The number of likely N-dealkylation sites (tertiary alicyclic amines) is 1. The van der Waals surface area contributed by atoms with Gasteiger partial charge in [-0.2, -0.15) is 5.26 Å². The van der Waals surface area contributed by atoms with Crippen molar-refractivity contribution in [1.29, 1.82) is 5.26 Å². The molecule has 9 heteroatoms. The molecule has 0 saturated carbocycles. The number of nitrogen functional groups attached to an aromatic ring is 1. The number of halogens is 2. The SMILES string of the molecule is CC(=N/C=c1/c2c(c(-c3ncc(F)c4sc(N)c(C#N)c34)c(F)c1=C(C)C)COC2)N1CCC(C)C1. The zero-order chi connectivity index (χ0) is 25.7. The lowest BCUT2D eigenvalue weighted by molar-refractivity contribution is 0.134. The third-order valence-electron chi connectivity index (χ3n) is 7.00. The lowest BCUT2D eigenvalue weighted by atomic mass is 9.93. The molecule has 0 spiro atoms. The van der Waals surface area contributed by atoms with E-state index in [1.165, 1.54) is 0 Å². The van der Waals surface area contributed by atoms with Crippen molar-refractivity contribution in [3.05, 3.63) is 45.0 Å². The Labute approximate surface area is 212 Å². The number of pyridine rings is 1. The van der Waals surface area contributed by atoms with Crippen LogP contribution in [0.3, 0.4) is 0 Å². The first-order chi connectivity index (χ1) is 17.2. The fraction of sp³-hybridized carbons (Fsp3) is 0.370. The second-order valence-corrected chi connectivity index (χ2v) is 10.7. The number of aliphatic imine (C=N–C) groups is 1. The van der Waals surface area contributed by atoms with E-state index in [1.54, 1.807) is 6.20 Å². The number of fused-ring (bicyclic) bond motifs is 2. The number of benzene rings is 1. The molecule has 0 amide bonds. The molecular weight excluding hydrogens is 480 g/mol. The summed E-state index contributed by atoms with van der Waals surface area (Å²) >= 11 is 0.968. The molecule has 1 saturated heterocycles. The highest BCUT2D eigenvalue weighted by atomic mass is 32.1. The van der Waals surface area contributed by atoms with E-state index >= 15 is 4.39 Å². The summed E-state index contributed by atoms with van der Waals surface area (Å²) in [6, 6.07) is 2.05. The van der Waals surface area contributed by atoms with Crippen LogP contribution in [-0.4, -0.2) is 28.8 Å². The molecule has 0 bridgehead atoms. The molecule has 0 radical (unpaired) electrons. The molecule has 2 aromatic heterocycles. The normalized spacial score (nSPS) is 18.2. The third kappa shape index (κ3) is 3.85.